The molecule has 0 radical (unpaired) electrons. The van der Waals surface area contributed by atoms with E-state index in [-0.39, 0.29) is 18.0 Å². The van der Waals surface area contributed by atoms with E-state index in [9.17, 15) is 9.59 Å². The number of hydrogen-bond donors (Lipinski definition) is 0. The van der Waals surface area contributed by atoms with Crippen LogP contribution in [0.1, 0.15) is 34.1 Å². The summed E-state index contributed by atoms with van der Waals surface area (Å²) in [5.74, 6) is -0.524. The minimum atomic E-state index is -0.329. The fourth-order valence-corrected chi connectivity index (χ4v) is 0.484. The molecular formula is C10H18O4. The van der Waals surface area contributed by atoms with Gasteiger partial charge in [0.15, 0.2) is 0 Å². The van der Waals surface area contributed by atoms with Crippen LogP contribution < -0.4 is 0 Å². The van der Waals surface area contributed by atoms with Crippen molar-refractivity contribution in [3.05, 3.63) is 12.8 Å². The lowest BCUT2D eigenvalue weighted by atomic mass is 10.3. The number of rotatable bonds is 3. The van der Waals surface area contributed by atoms with Crippen LogP contribution in [-0.2, 0) is 19.1 Å². The summed E-state index contributed by atoms with van der Waals surface area (Å²) in [6, 6.07) is 0. The van der Waals surface area contributed by atoms with Gasteiger partial charge in [0.25, 0.3) is 0 Å². The van der Waals surface area contributed by atoms with Crippen LogP contribution in [-0.4, -0.2) is 18.0 Å². The van der Waals surface area contributed by atoms with Crippen molar-refractivity contribution in [3.8, 4) is 0 Å². The minimum absolute atomic E-state index is 0.0764. The summed E-state index contributed by atoms with van der Waals surface area (Å²) >= 11 is 0. The van der Waals surface area contributed by atoms with Crippen molar-refractivity contribution in [3.63, 3.8) is 0 Å². The Kier molecular flexibility index (Phi) is 10.6. The Balaban J connectivity index is 0. The van der Waals surface area contributed by atoms with Gasteiger partial charge in [-0.3, -0.25) is 9.59 Å². The smallest absolute Gasteiger partial charge is 0.307 e. The Morgan fingerprint density at radius 1 is 1.36 bits per heavy atom. The van der Waals surface area contributed by atoms with E-state index in [4.69, 9.17) is 4.74 Å². The molecule has 4 heteroatoms. The first-order valence-corrected chi connectivity index (χ1v) is 4.39. The number of carbonyl (C=O) groups is 2. The van der Waals surface area contributed by atoms with Crippen LogP contribution in [0.3, 0.4) is 0 Å². The van der Waals surface area contributed by atoms with E-state index in [2.05, 4.69) is 11.3 Å². The van der Waals surface area contributed by atoms with Gasteiger partial charge in [-0.05, 0) is 13.3 Å². The molecule has 0 aromatic carbocycles. The van der Waals surface area contributed by atoms with Crippen LogP contribution in [0.25, 0.3) is 0 Å². The van der Waals surface area contributed by atoms with Crippen LogP contribution in [0.2, 0.25) is 0 Å². The third-order valence-corrected chi connectivity index (χ3v) is 1.19. The van der Waals surface area contributed by atoms with Gasteiger partial charge in [-0.1, -0.05) is 13.5 Å². The molecule has 0 saturated carbocycles. The van der Waals surface area contributed by atoms with Crippen molar-refractivity contribution in [2.75, 3.05) is 0 Å². The summed E-state index contributed by atoms with van der Waals surface area (Å²) in [4.78, 5) is 19.9. The molecular weight excluding hydrogens is 184 g/mol. The Bertz CT molecular complexity index is 187. The highest BCUT2D eigenvalue weighted by molar-refractivity contribution is 5.66. The molecule has 0 aliphatic rings. The van der Waals surface area contributed by atoms with Crippen LogP contribution in [0.15, 0.2) is 12.8 Å². The summed E-state index contributed by atoms with van der Waals surface area (Å²) < 4.78 is 8.93. The maximum atomic E-state index is 10.2. The molecule has 14 heavy (non-hydrogen) atoms. The van der Waals surface area contributed by atoms with Gasteiger partial charge in [-0.2, -0.15) is 0 Å². The zero-order chi connectivity index (χ0) is 11.6. The van der Waals surface area contributed by atoms with Crippen molar-refractivity contribution < 1.29 is 19.1 Å². The molecule has 0 amide bonds. The summed E-state index contributed by atoms with van der Waals surface area (Å²) in [7, 11) is 0. The highest BCUT2D eigenvalue weighted by Crippen LogP contribution is 1.94. The largest absolute Gasteiger partial charge is 0.463 e. The molecule has 0 aromatic rings. The predicted molar refractivity (Wildman–Crippen MR) is 53.5 cm³/mol. The molecule has 0 saturated heterocycles. The van der Waals surface area contributed by atoms with Gasteiger partial charge in [-0.15, -0.1) is 0 Å². The number of ether oxygens (including phenoxy) is 2. The van der Waals surface area contributed by atoms with Gasteiger partial charge in [0.05, 0.1) is 12.4 Å². The molecule has 0 aliphatic heterocycles. The van der Waals surface area contributed by atoms with Gasteiger partial charge < -0.3 is 9.47 Å². The second-order valence-corrected chi connectivity index (χ2v) is 2.60. The maximum Gasteiger partial charge on any atom is 0.307 e. The standard InChI is InChI=1S/C6H12O2.C4H6O2/c1-4-5(2)8-6(3)7;1-3-6-4(2)5/h5H,4H2,1-3H3;3H,1H2,2H3. The van der Waals surface area contributed by atoms with E-state index in [1.54, 1.807) is 0 Å². The van der Waals surface area contributed by atoms with Crippen LogP contribution in [0.5, 0.6) is 0 Å². The normalized spacial score (nSPS) is 10.3. The fourth-order valence-electron chi connectivity index (χ4n) is 0.484. The number of esters is 2. The second kappa shape index (κ2) is 9.77. The first-order chi connectivity index (χ1) is 6.43. The Hall–Kier alpha value is -1.32. The maximum absolute atomic E-state index is 10.2. The molecule has 0 fully saturated rings. The van der Waals surface area contributed by atoms with Crippen molar-refractivity contribution in [1.29, 1.82) is 0 Å². The first-order valence-electron chi connectivity index (χ1n) is 4.39. The zero-order valence-electron chi connectivity index (χ0n) is 9.20. The van der Waals surface area contributed by atoms with E-state index in [0.717, 1.165) is 12.7 Å². The molecule has 0 rings (SSSR count). The quantitative estimate of drug-likeness (QED) is 0.519. The third-order valence-electron chi connectivity index (χ3n) is 1.19. The van der Waals surface area contributed by atoms with Gasteiger partial charge in [0.2, 0.25) is 0 Å². The summed E-state index contributed by atoms with van der Waals surface area (Å²) in [6.45, 7) is 9.76. The average Bonchev–Trinajstić information content (AvgIpc) is 2.03. The third kappa shape index (κ3) is 17.0. The molecule has 0 spiro atoms. The van der Waals surface area contributed by atoms with Crippen molar-refractivity contribution >= 4 is 11.9 Å². The Labute approximate surface area is 84.9 Å². The Morgan fingerprint density at radius 3 is 1.93 bits per heavy atom. The summed E-state index contributed by atoms with van der Waals surface area (Å²) in [5, 5.41) is 0. The first kappa shape index (κ1) is 15.2. The van der Waals surface area contributed by atoms with Crippen molar-refractivity contribution in [2.24, 2.45) is 0 Å². The average molecular weight is 202 g/mol. The lowest BCUT2D eigenvalue weighted by molar-refractivity contribution is -0.145. The monoisotopic (exact) mass is 202 g/mol. The molecule has 4 nitrogen and oxygen atoms in total. The predicted octanol–water partition coefficient (Wildman–Crippen LogP) is 2.04. The van der Waals surface area contributed by atoms with Crippen molar-refractivity contribution in [2.45, 2.75) is 40.2 Å². The van der Waals surface area contributed by atoms with Crippen molar-refractivity contribution in [1.82, 2.24) is 0 Å². The molecule has 1 unspecified atom stereocenters. The van der Waals surface area contributed by atoms with Gasteiger partial charge in [-0.25, -0.2) is 0 Å². The Morgan fingerprint density at radius 2 is 1.86 bits per heavy atom. The molecule has 1 atom stereocenters. The fraction of sp³-hybridized carbons (Fsp3) is 0.600. The van der Waals surface area contributed by atoms with Gasteiger partial charge in [0.1, 0.15) is 0 Å². The topological polar surface area (TPSA) is 52.6 Å². The van der Waals surface area contributed by atoms with Gasteiger partial charge >= 0.3 is 11.9 Å². The van der Waals surface area contributed by atoms with Gasteiger partial charge in [0, 0.05) is 13.8 Å². The molecule has 0 aromatic heterocycles. The minimum Gasteiger partial charge on any atom is -0.463 e. The van der Waals surface area contributed by atoms with E-state index in [1.165, 1.54) is 13.8 Å². The molecule has 82 valence electrons. The number of carbonyl (C=O) groups excluding carboxylic acids is 2. The van der Waals surface area contributed by atoms with E-state index in [1.807, 2.05) is 13.8 Å². The second-order valence-electron chi connectivity index (χ2n) is 2.60. The number of hydrogen-bond acceptors (Lipinski definition) is 4. The highest BCUT2D eigenvalue weighted by atomic mass is 16.5. The van der Waals surface area contributed by atoms with Crippen LogP contribution in [0, 0.1) is 0 Å². The lowest BCUT2D eigenvalue weighted by Crippen LogP contribution is -2.09. The SMILES string of the molecule is C=COC(C)=O.CCC(C)OC(C)=O. The molecule has 0 N–H and O–H groups in total. The van der Waals surface area contributed by atoms with Crippen LogP contribution >= 0.6 is 0 Å². The molecule has 0 heterocycles. The zero-order valence-corrected chi connectivity index (χ0v) is 9.20. The van der Waals surface area contributed by atoms with Crippen LogP contribution in [0.4, 0.5) is 0 Å². The summed E-state index contributed by atoms with van der Waals surface area (Å²) in [6.07, 6.45) is 2.06. The molecule has 0 aliphatic carbocycles. The van der Waals surface area contributed by atoms with E-state index < -0.39 is 0 Å². The highest BCUT2D eigenvalue weighted by Gasteiger charge is 1.99. The lowest BCUT2D eigenvalue weighted by Gasteiger charge is -2.06. The van der Waals surface area contributed by atoms with E-state index in [0.29, 0.717) is 0 Å². The van der Waals surface area contributed by atoms with E-state index >= 15 is 0 Å². The molecule has 0 bridgehead atoms. The summed E-state index contributed by atoms with van der Waals surface area (Å²) in [5.41, 5.74) is 0.